The van der Waals surface area contributed by atoms with E-state index in [-0.39, 0.29) is 11.9 Å². The zero-order valence-corrected chi connectivity index (χ0v) is 7.50. The number of aryl methyl sites for hydroxylation is 1. The quantitative estimate of drug-likeness (QED) is 0.617. The smallest absolute Gasteiger partial charge is 0.342 e. The van der Waals surface area contributed by atoms with Gasteiger partial charge in [-0.25, -0.2) is 4.79 Å². The Hall–Kier alpha value is -1.51. The first-order valence-corrected chi connectivity index (χ1v) is 4.14. The number of fused-ring (bicyclic) bond motifs is 1. The standard InChI is InChI=1S/C10H10O3/c1-5-3-4-7-6(2)13-10(12)8(7)9(5)11/h3-4,6,11H,1-2H3. The maximum atomic E-state index is 11.3. The van der Waals surface area contributed by atoms with Crippen molar-refractivity contribution in [3.8, 4) is 5.75 Å². The molecular formula is C10H10O3. The van der Waals surface area contributed by atoms with Crippen LogP contribution in [-0.4, -0.2) is 11.1 Å². The molecule has 68 valence electrons. The van der Waals surface area contributed by atoms with Crippen LogP contribution in [0.1, 0.15) is 34.5 Å². The summed E-state index contributed by atoms with van der Waals surface area (Å²) in [5.74, 6) is -0.379. The van der Waals surface area contributed by atoms with E-state index in [9.17, 15) is 9.90 Å². The van der Waals surface area contributed by atoms with Crippen LogP contribution in [0.25, 0.3) is 0 Å². The van der Waals surface area contributed by atoms with E-state index in [1.165, 1.54) is 0 Å². The first kappa shape index (κ1) is 8.10. The maximum Gasteiger partial charge on any atom is 0.342 e. The Morgan fingerprint density at radius 3 is 2.85 bits per heavy atom. The highest BCUT2D eigenvalue weighted by atomic mass is 16.5. The van der Waals surface area contributed by atoms with E-state index < -0.39 is 5.97 Å². The summed E-state index contributed by atoms with van der Waals surface area (Å²) in [4.78, 5) is 11.3. The number of ether oxygens (including phenoxy) is 1. The van der Waals surface area contributed by atoms with Crippen molar-refractivity contribution in [3.63, 3.8) is 0 Å². The second kappa shape index (κ2) is 2.49. The molecule has 3 nitrogen and oxygen atoms in total. The molecule has 0 bridgehead atoms. The second-order valence-electron chi connectivity index (χ2n) is 3.24. The van der Waals surface area contributed by atoms with Gasteiger partial charge in [0.15, 0.2) is 0 Å². The van der Waals surface area contributed by atoms with Gasteiger partial charge in [0.05, 0.1) is 0 Å². The van der Waals surface area contributed by atoms with Gasteiger partial charge in [-0.3, -0.25) is 0 Å². The largest absolute Gasteiger partial charge is 0.507 e. The number of carbonyl (C=O) groups excluding carboxylic acids is 1. The van der Waals surface area contributed by atoms with Crippen molar-refractivity contribution in [2.45, 2.75) is 20.0 Å². The van der Waals surface area contributed by atoms with Crippen molar-refractivity contribution in [1.29, 1.82) is 0 Å². The number of carbonyl (C=O) groups is 1. The average Bonchev–Trinajstić information content (AvgIpc) is 2.35. The van der Waals surface area contributed by atoms with Crippen molar-refractivity contribution < 1.29 is 14.6 Å². The minimum atomic E-state index is -0.427. The van der Waals surface area contributed by atoms with E-state index in [1.54, 1.807) is 19.9 Å². The van der Waals surface area contributed by atoms with Gasteiger partial charge in [0, 0.05) is 5.56 Å². The first-order chi connectivity index (χ1) is 6.11. The minimum absolute atomic E-state index is 0.0480. The molecule has 0 radical (unpaired) electrons. The van der Waals surface area contributed by atoms with E-state index in [2.05, 4.69) is 0 Å². The van der Waals surface area contributed by atoms with E-state index in [4.69, 9.17) is 4.74 Å². The summed E-state index contributed by atoms with van der Waals surface area (Å²) in [5.41, 5.74) is 1.80. The van der Waals surface area contributed by atoms with Crippen LogP contribution in [0, 0.1) is 6.92 Å². The fraction of sp³-hybridized carbons (Fsp3) is 0.300. The molecule has 13 heavy (non-hydrogen) atoms. The van der Waals surface area contributed by atoms with Crippen molar-refractivity contribution in [2.24, 2.45) is 0 Å². The molecule has 0 saturated carbocycles. The zero-order chi connectivity index (χ0) is 9.59. The normalized spacial score (nSPS) is 19.8. The van der Waals surface area contributed by atoms with Gasteiger partial charge in [-0.1, -0.05) is 12.1 Å². The SMILES string of the molecule is Cc1ccc2c(c1O)C(=O)OC2C. The second-order valence-corrected chi connectivity index (χ2v) is 3.24. The van der Waals surface area contributed by atoms with Crippen LogP contribution in [0.3, 0.4) is 0 Å². The molecule has 0 fully saturated rings. The molecule has 1 unspecified atom stereocenters. The van der Waals surface area contributed by atoms with E-state index in [0.717, 1.165) is 5.56 Å². The summed E-state index contributed by atoms with van der Waals surface area (Å²) in [6, 6.07) is 3.60. The molecule has 0 aliphatic carbocycles. The zero-order valence-electron chi connectivity index (χ0n) is 7.50. The summed E-state index contributed by atoms with van der Waals surface area (Å²) in [6.45, 7) is 3.55. The van der Waals surface area contributed by atoms with Crippen LogP contribution in [0.4, 0.5) is 0 Å². The third-order valence-electron chi connectivity index (χ3n) is 2.34. The molecule has 1 heterocycles. The Morgan fingerprint density at radius 2 is 2.15 bits per heavy atom. The molecule has 2 rings (SSSR count). The summed E-state index contributed by atoms with van der Waals surface area (Å²) in [6.07, 6.45) is -0.242. The van der Waals surface area contributed by atoms with Crippen LogP contribution in [0.2, 0.25) is 0 Å². The topological polar surface area (TPSA) is 46.5 Å². The van der Waals surface area contributed by atoms with Crippen LogP contribution in [0.5, 0.6) is 5.75 Å². The lowest BCUT2D eigenvalue weighted by Crippen LogP contribution is -1.95. The van der Waals surface area contributed by atoms with Gasteiger partial charge in [0.1, 0.15) is 17.4 Å². The molecule has 1 N–H and O–H groups in total. The number of benzene rings is 1. The Kier molecular flexibility index (Phi) is 1.55. The Labute approximate surface area is 76.0 Å². The lowest BCUT2D eigenvalue weighted by molar-refractivity contribution is 0.0420. The predicted octanol–water partition coefficient (Wildman–Crippen LogP) is 1.93. The van der Waals surface area contributed by atoms with Crippen molar-refractivity contribution in [2.75, 3.05) is 0 Å². The van der Waals surface area contributed by atoms with E-state index >= 15 is 0 Å². The van der Waals surface area contributed by atoms with Gasteiger partial charge in [-0.2, -0.15) is 0 Å². The summed E-state index contributed by atoms with van der Waals surface area (Å²) < 4.78 is 4.97. The van der Waals surface area contributed by atoms with Crippen LogP contribution >= 0.6 is 0 Å². The third kappa shape index (κ3) is 1.00. The molecule has 1 aliphatic rings. The molecule has 1 atom stereocenters. The number of phenolic OH excluding ortho intramolecular Hbond substituents is 1. The van der Waals surface area contributed by atoms with Crippen LogP contribution in [-0.2, 0) is 4.74 Å². The lowest BCUT2D eigenvalue weighted by atomic mass is 10.0. The van der Waals surface area contributed by atoms with Crippen LogP contribution < -0.4 is 0 Å². The number of rotatable bonds is 0. The van der Waals surface area contributed by atoms with E-state index in [1.807, 2.05) is 6.07 Å². The summed E-state index contributed by atoms with van der Waals surface area (Å²) >= 11 is 0. The monoisotopic (exact) mass is 178 g/mol. The fourth-order valence-electron chi connectivity index (χ4n) is 1.55. The van der Waals surface area contributed by atoms with Crippen molar-refractivity contribution in [3.05, 3.63) is 28.8 Å². The summed E-state index contributed by atoms with van der Waals surface area (Å²) in [5, 5.41) is 9.61. The first-order valence-electron chi connectivity index (χ1n) is 4.14. The lowest BCUT2D eigenvalue weighted by Gasteiger charge is -2.03. The minimum Gasteiger partial charge on any atom is -0.507 e. The highest BCUT2D eigenvalue weighted by Crippen LogP contribution is 2.37. The molecule has 1 aromatic carbocycles. The number of cyclic esters (lactones) is 1. The van der Waals surface area contributed by atoms with Gasteiger partial charge in [-0.05, 0) is 19.4 Å². The van der Waals surface area contributed by atoms with Crippen molar-refractivity contribution in [1.82, 2.24) is 0 Å². The number of phenols is 1. The number of hydrogen-bond acceptors (Lipinski definition) is 3. The highest BCUT2D eigenvalue weighted by Gasteiger charge is 2.31. The van der Waals surface area contributed by atoms with Gasteiger partial charge >= 0.3 is 5.97 Å². The van der Waals surface area contributed by atoms with Gasteiger partial charge in [-0.15, -0.1) is 0 Å². The molecule has 3 heteroatoms. The van der Waals surface area contributed by atoms with Crippen LogP contribution in [0.15, 0.2) is 12.1 Å². The Morgan fingerprint density at radius 1 is 1.46 bits per heavy atom. The van der Waals surface area contributed by atoms with Gasteiger partial charge in [0.25, 0.3) is 0 Å². The average molecular weight is 178 g/mol. The molecule has 0 aromatic heterocycles. The number of esters is 1. The summed E-state index contributed by atoms with van der Waals surface area (Å²) in [7, 11) is 0. The highest BCUT2D eigenvalue weighted by molar-refractivity contribution is 5.97. The number of hydrogen-bond donors (Lipinski definition) is 1. The molecule has 0 spiro atoms. The molecule has 0 amide bonds. The molecule has 1 aromatic rings. The predicted molar refractivity (Wildman–Crippen MR) is 46.7 cm³/mol. The fourth-order valence-corrected chi connectivity index (χ4v) is 1.55. The Bertz CT molecular complexity index is 382. The van der Waals surface area contributed by atoms with Crippen molar-refractivity contribution >= 4 is 5.97 Å². The van der Waals surface area contributed by atoms with Gasteiger partial charge < -0.3 is 9.84 Å². The maximum absolute atomic E-state index is 11.3. The Balaban J connectivity index is 2.71. The van der Waals surface area contributed by atoms with E-state index in [0.29, 0.717) is 11.1 Å². The number of aromatic hydroxyl groups is 1. The third-order valence-corrected chi connectivity index (χ3v) is 2.34. The molecular weight excluding hydrogens is 168 g/mol. The molecule has 0 saturated heterocycles. The van der Waals surface area contributed by atoms with Gasteiger partial charge in [0.2, 0.25) is 0 Å². The molecule has 1 aliphatic heterocycles.